The lowest BCUT2D eigenvalue weighted by atomic mass is 9.89. The number of unbranched alkanes of at least 4 members (excludes halogenated alkanes) is 6. The first-order valence-corrected chi connectivity index (χ1v) is 53.4. The van der Waals surface area contributed by atoms with Crippen molar-refractivity contribution in [3.8, 4) is 5.75 Å². The first-order valence-electron chi connectivity index (χ1n) is 53.4. The van der Waals surface area contributed by atoms with Gasteiger partial charge in [-0.05, 0) is 135 Å². The Morgan fingerprint density at radius 2 is 0.622 bits per heavy atom. The lowest BCUT2D eigenvalue weighted by Gasteiger charge is -2.19. The molecule has 0 amide bonds. The van der Waals surface area contributed by atoms with Gasteiger partial charge in [0.25, 0.3) is 0 Å². The minimum absolute atomic E-state index is 0.0145. The normalized spacial score (nSPS) is 11.2. The number of rotatable bonds is 49. The van der Waals surface area contributed by atoms with Crippen LogP contribution in [0.4, 0.5) is 0 Å². The van der Waals surface area contributed by atoms with Crippen LogP contribution in [0.2, 0.25) is 0 Å². The highest BCUT2D eigenvalue weighted by Crippen LogP contribution is 2.26. The highest BCUT2D eigenvalue weighted by atomic mass is 16.6. The topological polar surface area (TPSA) is 272 Å². The maximum Gasteiger partial charge on any atom is 0.311 e. The average molecular weight is 2030 g/mol. The van der Waals surface area contributed by atoms with Gasteiger partial charge in [-0.2, -0.15) is 0 Å². The average Bonchev–Trinajstić information content (AvgIpc) is 0.960. The predicted octanol–water partition coefficient (Wildman–Crippen LogP) is 28.5. The fourth-order valence-electron chi connectivity index (χ4n) is 13.7. The number of carbonyl (C=O) groups is 10. The molecule has 21 nitrogen and oxygen atoms in total. The monoisotopic (exact) mass is 2030 g/mol. The zero-order valence-electron chi connectivity index (χ0n) is 91.0. The van der Waals surface area contributed by atoms with E-state index in [-0.39, 0.29) is 77.6 Å². The second-order valence-corrected chi connectivity index (χ2v) is 36.1. The molecule has 0 aliphatic heterocycles. The summed E-state index contributed by atoms with van der Waals surface area (Å²) >= 11 is 0. The third kappa shape index (κ3) is 73.7. The number of benzene rings is 10. The van der Waals surface area contributed by atoms with E-state index >= 15 is 0 Å². The minimum Gasteiger partial charge on any atom is -0.490 e. The summed E-state index contributed by atoms with van der Waals surface area (Å²) in [5.74, 6) is -0.0531. The highest BCUT2D eigenvalue weighted by molar-refractivity contribution is 5.76. The zero-order chi connectivity index (χ0) is 108. The molecule has 10 aromatic rings. The van der Waals surface area contributed by atoms with Crippen LogP contribution in [-0.2, 0) is 147 Å². The van der Waals surface area contributed by atoms with E-state index < -0.39 is 5.41 Å². The molecule has 0 radical (unpaired) electrons. The third-order valence-electron chi connectivity index (χ3n) is 22.5. The maximum atomic E-state index is 11.8. The van der Waals surface area contributed by atoms with E-state index in [0.29, 0.717) is 105 Å². The van der Waals surface area contributed by atoms with Crippen LogP contribution >= 0.6 is 0 Å². The summed E-state index contributed by atoms with van der Waals surface area (Å²) in [6, 6.07) is 99.3. The smallest absolute Gasteiger partial charge is 0.311 e. The molecular weight excluding hydrogens is 1860 g/mol. The molecule has 806 valence electrons. The Bertz CT molecular complexity index is 4940. The molecule has 2 atom stereocenters. The molecule has 2 unspecified atom stereocenters. The molecule has 1 aliphatic carbocycles. The molecule has 0 aromatic heterocycles. The van der Waals surface area contributed by atoms with Crippen molar-refractivity contribution >= 4 is 59.7 Å². The van der Waals surface area contributed by atoms with E-state index in [2.05, 4.69) is 64.1 Å². The van der Waals surface area contributed by atoms with Crippen LogP contribution in [0.1, 0.15) is 294 Å². The Kier molecular flexibility index (Phi) is 78.6. The van der Waals surface area contributed by atoms with Gasteiger partial charge in [0.05, 0.1) is 63.5 Å². The second-order valence-electron chi connectivity index (χ2n) is 36.1. The minimum atomic E-state index is -0.406. The summed E-state index contributed by atoms with van der Waals surface area (Å²) in [5.41, 5.74) is 10.1. The van der Waals surface area contributed by atoms with Gasteiger partial charge in [0.2, 0.25) is 0 Å². The van der Waals surface area contributed by atoms with Crippen molar-refractivity contribution in [2.24, 2.45) is 17.3 Å². The Balaban J connectivity index is 0.000000557. The van der Waals surface area contributed by atoms with E-state index in [1.807, 2.05) is 302 Å². The van der Waals surface area contributed by atoms with Gasteiger partial charge in [-0.3, -0.25) is 47.9 Å². The van der Waals surface area contributed by atoms with Crippen LogP contribution in [-0.4, -0.2) is 119 Å². The molecule has 21 heteroatoms. The summed E-state index contributed by atoms with van der Waals surface area (Å²) in [5, 5.41) is 0. The Hall–Kier alpha value is -13.3. The quantitative estimate of drug-likeness (QED) is 0.0195. The first kappa shape index (κ1) is 131. The van der Waals surface area contributed by atoms with E-state index in [1.165, 1.54) is 84.4 Å². The standard InChI is InChI=1S/2C16H24O2.C15H20O2.2C13H18O2.C11H14O3.3C11H14O2.C10H12O2/c1-3-5-11-15(4-2)16(17)18-13-12-14-9-7-6-8-10-14;1-2-3-4-5-9-12-16(17)18-14-13-15-10-7-6-8-11-15;16-15(14-9-5-2-6-10-14)17-12-11-13-7-3-1-4-8-13;1-13(2,3)12(14)15-10-9-11-7-5-4-6-8-11;1-2-3-9-13(14)15-11-10-12-7-5-4-6-8-12;1-2-11(12)14-9-8-13-10-6-4-3-5-7-10;1-3-11(12)13-9(2)10-7-5-4-6-8-10;1-2-11(12)13-9-8-10-6-4-3-5-7-10;1-2-6-11(12)13-9-10-7-4-3-5-8-10;1-9(11)12-8-7-10-5-3-2-4-6-10/h6-10,15H,3-5,11-13H2,1-2H3;6-8,10-11H,2-5,9,12-14H2,1H3;1,3-4,7-8,14H,2,5-6,9-12H2;4-8H,9-10H2,1-3H3;4-8H,2-3,9-11H2,1H3;3-7H,2,8-9H2,1H3;4-9H,3H2,1-2H3;3-7H,2,8-9H2,1H3;3-5,7-8H,2,6,9H2,1H3;2-6H,7-8H2,1H3. The third-order valence-corrected chi connectivity index (χ3v) is 22.5. The van der Waals surface area contributed by atoms with Gasteiger partial charge >= 0.3 is 59.7 Å². The Morgan fingerprint density at radius 3 is 0.986 bits per heavy atom. The number of para-hydroxylation sites is 1. The van der Waals surface area contributed by atoms with Gasteiger partial charge in [-0.15, -0.1) is 0 Å². The van der Waals surface area contributed by atoms with E-state index in [4.69, 9.17) is 52.1 Å². The van der Waals surface area contributed by atoms with Gasteiger partial charge in [-0.1, -0.05) is 411 Å². The highest BCUT2D eigenvalue weighted by Gasteiger charge is 2.24. The maximum absolute atomic E-state index is 11.8. The number of ether oxygens (including phenoxy) is 11. The van der Waals surface area contributed by atoms with Crippen LogP contribution in [0.15, 0.2) is 303 Å². The van der Waals surface area contributed by atoms with Crippen LogP contribution in [0.3, 0.4) is 0 Å². The SMILES string of the molecule is CC(=O)OCCc1ccccc1.CC(C)(C)C(=O)OCCc1ccccc1.CCC(=O)OC(C)c1ccccc1.CCC(=O)OCCOc1ccccc1.CCC(=O)OCCc1ccccc1.CCCC(=O)OCc1ccccc1.CCCCC(=O)OCCc1ccccc1.CCCCC(CC)C(=O)OCCc1ccccc1.CCCCCCCC(=O)OCCc1ccccc1.O=C(OCCc1ccccc1)C1CCCCC1. The van der Waals surface area contributed by atoms with Crippen LogP contribution in [0.25, 0.3) is 0 Å². The second kappa shape index (κ2) is 88.9. The lowest BCUT2D eigenvalue weighted by Crippen LogP contribution is -2.23. The molecule has 0 heterocycles. The van der Waals surface area contributed by atoms with Crippen molar-refractivity contribution in [2.45, 2.75) is 295 Å². The van der Waals surface area contributed by atoms with Crippen molar-refractivity contribution in [3.63, 3.8) is 0 Å². The van der Waals surface area contributed by atoms with Crippen molar-refractivity contribution in [1.29, 1.82) is 0 Å². The first-order chi connectivity index (χ1) is 71.8. The van der Waals surface area contributed by atoms with Crippen molar-refractivity contribution in [1.82, 2.24) is 0 Å². The number of hydrogen-bond donors (Lipinski definition) is 0. The molecule has 0 bridgehead atoms. The van der Waals surface area contributed by atoms with Crippen molar-refractivity contribution in [2.75, 3.05) is 59.5 Å². The molecule has 10 aromatic carbocycles. The van der Waals surface area contributed by atoms with Gasteiger partial charge in [0.15, 0.2) is 0 Å². The molecule has 0 N–H and O–H groups in total. The summed E-state index contributed by atoms with van der Waals surface area (Å²) < 4.78 is 56.3. The summed E-state index contributed by atoms with van der Waals surface area (Å²) in [6.07, 6.45) is 26.7. The van der Waals surface area contributed by atoms with Crippen LogP contribution < -0.4 is 4.74 Å². The van der Waals surface area contributed by atoms with E-state index in [0.717, 1.165) is 132 Å². The Morgan fingerprint density at radius 1 is 0.297 bits per heavy atom. The molecule has 1 saturated carbocycles. The summed E-state index contributed by atoms with van der Waals surface area (Å²) in [7, 11) is 0. The van der Waals surface area contributed by atoms with Gasteiger partial charge in [0, 0.05) is 90.4 Å². The van der Waals surface area contributed by atoms with Gasteiger partial charge in [0.1, 0.15) is 31.7 Å². The zero-order valence-corrected chi connectivity index (χ0v) is 91.0. The number of esters is 10. The van der Waals surface area contributed by atoms with Crippen molar-refractivity contribution < 1.29 is 100 Å². The van der Waals surface area contributed by atoms with Gasteiger partial charge in [-0.25, -0.2) is 0 Å². The lowest BCUT2D eigenvalue weighted by molar-refractivity contribution is -0.153. The van der Waals surface area contributed by atoms with Crippen LogP contribution in [0.5, 0.6) is 5.75 Å². The van der Waals surface area contributed by atoms with Crippen LogP contribution in [0, 0.1) is 17.3 Å². The fraction of sp³-hybridized carbons (Fsp3) is 0.449. The predicted molar refractivity (Wildman–Crippen MR) is 592 cm³/mol. The summed E-state index contributed by atoms with van der Waals surface area (Å²) in [6.45, 7) is 29.2. The molecule has 0 saturated heterocycles. The van der Waals surface area contributed by atoms with E-state index in [1.54, 1.807) is 20.8 Å². The molecule has 1 aliphatic rings. The van der Waals surface area contributed by atoms with Gasteiger partial charge < -0.3 is 52.1 Å². The molecule has 1 fully saturated rings. The molecule has 148 heavy (non-hydrogen) atoms. The fourth-order valence-corrected chi connectivity index (χ4v) is 13.7. The number of hydrogen-bond acceptors (Lipinski definition) is 21. The largest absolute Gasteiger partial charge is 0.490 e. The summed E-state index contributed by atoms with van der Waals surface area (Å²) in [4.78, 5) is 112. The van der Waals surface area contributed by atoms with Crippen molar-refractivity contribution in [3.05, 3.63) is 353 Å². The van der Waals surface area contributed by atoms with E-state index in [9.17, 15) is 47.9 Å². The molecule has 11 rings (SSSR count). The number of carbonyl (C=O) groups excluding carboxylic acids is 10. The molecular formula is C127H172O21. The Labute approximate surface area is 885 Å². The molecule has 0 spiro atoms.